The van der Waals surface area contributed by atoms with Crippen LogP contribution in [0.5, 0.6) is 0 Å². The number of hydrogen-bond acceptors (Lipinski definition) is 6. The van der Waals surface area contributed by atoms with Crippen LogP contribution in [0.15, 0.2) is 35.3 Å². The highest BCUT2D eigenvalue weighted by Crippen LogP contribution is 2.10. The summed E-state index contributed by atoms with van der Waals surface area (Å²) in [6.45, 7) is 5.08. The lowest BCUT2D eigenvalue weighted by Crippen LogP contribution is -2.25. The second-order valence-corrected chi connectivity index (χ2v) is 6.18. The van der Waals surface area contributed by atoms with Crippen molar-refractivity contribution in [2.45, 2.75) is 45.8 Å². The van der Waals surface area contributed by atoms with E-state index in [9.17, 15) is 14.4 Å². The highest BCUT2D eigenvalue weighted by atomic mass is 16.6. The topological polar surface area (TPSA) is 91.3 Å². The molecule has 7 heteroatoms. The van der Waals surface area contributed by atoms with Gasteiger partial charge in [0.05, 0.1) is 13.5 Å². The SMILES string of the molecule is COC(=O)CCC(=NC(=O)OC(C)(C)C)C(=O)OCc1ccccc1. The van der Waals surface area contributed by atoms with Crippen LogP contribution in [0.2, 0.25) is 0 Å². The van der Waals surface area contributed by atoms with Gasteiger partial charge in [-0.3, -0.25) is 4.79 Å². The Morgan fingerprint density at radius 1 is 1.04 bits per heavy atom. The summed E-state index contributed by atoms with van der Waals surface area (Å²) >= 11 is 0. The summed E-state index contributed by atoms with van der Waals surface area (Å²) in [7, 11) is 1.24. The Balaban J connectivity index is 2.79. The Labute approximate surface area is 147 Å². The van der Waals surface area contributed by atoms with Crippen molar-refractivity contribution in [1.29, 1.82) is 0 Å². The van der Waals surface area contributed by atoms with Gasteiger partial charge in [-0.25, -0.2) is 9.59 Å². The second-order valence-electron chi connectivity index (χ2n) is 6.18. The van der Waals surface area contributed by atoms with Gasteiger partial charge in [0.15, 0.2) is 0 Å². The summed E-state index contributed by atoms with van der Waals surface area (Å²) in [6.07, 6.45) is -1.10. The molecule has 7 nitrogen and oxygen atoms in total. The predicted molar refractivity (Wildman–Crippen MR) is 91.2 cm³/mol. The summed E-state index contributed by atoms with van der Waals surface area (Å²) in [5, 5.41) is 0. The lowest BCUT2D eigenvalue weighted by molar-refractivity contribution is -0.140. The van der Waals surface area contributed by atoms with Gasteiger partial charge >= 0.3 is 18.0 Å². The van der Waals surface area contributed by atoms with E-state index in [4.69, 9.17) is 9.47 Å². The van der Waals surface area contributed by atoms with E-state index in [0.717, 1.165) is 5.56 Å². The van der Waals surface area contributed by atoms with Crippen molar-refractivity contribution in [1.82, 2.24) is 0 Å². The van der Waals surface area contributed by atoms with E-state index >= 15 is 0 Å². The third-order valence-electron chi connectivity index (χ3n) is 2.86. The maximum atomic E-state index is 12.2. The van der Waals surface area contributed by atoms with E-state index in [1.165, 1.54) is 7.11 Å². The largest absolute Gasteiger partial charge is 0.469 e. The van der Waals surface area contributed by atoms with Gasteiger partial charge < -0.3 is 14.2 Å². The zero-order chi connectivity index (χ0) is 18.9. The summed E-state index contributed by atoms with van der Waals surface area (Å²) < 4.78 is 14.8. The Kier molecular flexibility index (Phi) is 7.78. The summed E-state index contributed by atoms with van der Waals surface area (Å²) in [4.78, 5) is 39.0. The Bertz CT molecular complexity index is 631. The van der Waals surface area contributed by atoms with Crippen molar-refractivity contribution in [2.24, 2.45) is 4.99 Å². The van der Waals surface area contributed by atoms with Crippen molar-refractivity contribution < 1.29 is 28.6 Å². The van der Waals surface area contributed by atoms with Crippen molar-refractivity contribution >= 4 is 23.7 Å². The number of nitrogens with zero attached hydrogens (tertiary/aromatic N) is 1. The molecule has 0 saturated heterocycles. The first kappa shape index (κ1) is 20.3. The fraction of sp³-hybridized carbons (Fsp3) is 0.444. The number of aliphatic imine (C=N–C) groups is 1. The number of benzene rings is 1. The number of esters is 2. The highest BCUT2D eigenvalue weighted by Gasteiger charge is 2.21. The summed E-state index contributed by atoms with van der Waals surface area (Å²) in [5.74, 6) is -1.30. The molecule has 0 bridgehead atoms. The number of carbonyl (C=O) groups is 3. The van der Waals surface area contributed by atoms with Crippen LogP contribution < -0.4 is 0 Å². The lowest BCUT2D eigenvalue weighted by atomic mass is 10.2. The fourth-order valence-corrected chi connectivity index (χ4v) is 1.73. The quantitative estimate of drug-likeness (QED) is 0.445. The van der Waals surface area contributed by atoms with Crippen LogP contribution in [0.1, 0.15) is 39.2 Å². The zero-order valence-corrected chi connectivity index (χ0v) is 14.9. The van der Waals surface area contributed by atoms with Crippen molar-refractivity contribution in [2.75, 3.05) is 7.11 Å². The molecule has 0 N–H and O–H groups in total. The van der Waals surface area contributed by atoms with Crippen LogP contribution >= 0.6 is 0 Å². The molecule has 1 amide bonds. The average molecular weight is 349 g/mol. The molecule has 0 aliphatic heterocycles. The minimum Gasteiger partial charge on any atom is -0.469 e. The number of rotatable bonds is 6. The molecule has 0 fully saturated rings. The molecule has 136 valence electrons. The van der Waals surface area contributed by atoms with E-state index in [-0.39, 0.29) is 25.2 Å². The third-order valence-corrected chi connectivity index (χ3v) is 2.86. The number of methoxy groups -OCH3 is 1. The first-order chi connectivity index (χ1) is 11.7. The molecule has 1 aromatic rings. The highest BCUT2D eigenvalue weighted by molar-refractivity contribution is 6.38. The first-order valence-electron chi connectivity index (χ1n) is 7.79. The number of carbonyl (C=O) groups excluding carboxylic acids is 3. The molecule has 0 heterocycles. The van der Waals surface area contributed by atoms with Gasteiger partial charge in [-0.1, -0.05) is 30.3 Å². The smallest absolute Gasteiger partial charge is 0.434 e. The van der Waals surface area contributed by atoms with Gasteiger partial charge in [-0.2, -0.15) is 4.99 Å². The van der Waals surface area contributed by atoms with Gasteiger partial charge in [-0.05, 0) is 26.3 Å². The van der Waals surface area contributed by atoms with Gasteiger partial charge in [0.2, 0.25) is 0 Å². The van der Waals surface area contributed by atoms with E-state index in [1.807, 2.05) is 18.2 Å². The molecule has 0 aromatic heterocycles. The Morgan fingerprint density at radius 3 is 2.24 bits per heavy atom. The first-order valence-corrected chi connectivity index (χ1v) is 7.79. The second kappa shape index (κ2) is 9.56. The van der Waals surface area contributed by atoms with Crippen molar-refractivity contribution in [3.05, 3.63) is 35.9 Å². The number of ether oxygens (including phenoxy) is 3. The molecule has 0 spiro atoms. The molecule has 0 aliphatic rings. The van der Waals surface area contributed by atoms with Gasteiger partial charge in [0, 0.05) is 6.42 Å². The molecule has 0 atom stereocenters. The minimum atomic E-state index is -0.913. The third kappa shape index (κ3) is 8.64. The Morgan fingerprint density at radius 2 is 1.68 bits per heavy atom. The van der Waals surface area contributed by atoms with E-state index in [2.05, 4.69) is 9.73 Å². The van der Waals surface area contributed by atoms with E-state index < -0.39 is 23.6 Å². The standard InChI is InChI=1S/C18H23NO6/c1-18(2,3)25-17(22)19-14(10-11-15(20)23-4)16(21)24-12-13-8-6-5-7-9-13/h5-9H,10-12H2,1-4H3. The normalized spacial score (nSPS) is 11.6. The monoisotopic (exact) mass is 349 g/mol. The number of hydrogen-bond donors (Lipinski definition) is 0. The predicted octanol–water partition coefficient (Wildman–Crippen LogP) is 3.06. The van der Waals surface area contributed by atoms with Crippen LogP contribution in [0.4, 0.5) is 4.79 Å². The number of amides is 1. The van der Waals surface area contributed by atoms with Crippen LogP contribution in [0.3, 0.4) is 0 Å². The average Bonchev–Trinajstić information content (AvgIpc) is 2.55. The molecule has 1 aromatic carbocycles. The minimum absolute atomic E-state index is 0.0330. The lowest BCUT2D eigenvalue weighted by Gasteiger charge is -2.17. The van der Waals surface area contributed by atoms with E-state index in [1.54, 1.807) is 32.9 Å². The molecule has 25 heavy (non-hydrogen) atoms. The van der Waals surface area contributed by atoms with Gasteiger partial charge in [-0.15, -0.1) is 0 Å². The van der Waals surface area contributed by atoms with Gasteiger partial charge in [0.1, 0.15) is 17.9 Å². The molecular weight excluding hydrogens is 326 g/mol. The van der Waals surface area contributed by atoms with Crippen molar-refractivity contribution in [3.8, 4) is 0 Å². The van der Waals surface area contributed by atoms with Gasteiger partial charge in [0.25, 0.3) is 0 Å². The zero-order valence-electron chi connectivity index (χ0n) is 14.9. The molecule has 0 aliphatic carbocycles. The van der Waals surface area contributed by atoms with Crippen LogP contribution in [-0.2, 0) is 30.4 Å². The molecule has 1 rings (SSSR count). The summed E-state index contributed by atoms with van der Waals surface area (Å²) in [6, 6.07) is 9.07. The van der Waals surface area contributed by atoms with Crippen LogP contribution in [0.25, 0.3) is 0 Å². The molecular formula is C18H23NO6. The molecule has 0 unspecified atom stereocenters. The van der Waals surface area contributed by atoms with Crippen molar-refractivity contribution in [3.63, 3.8) is 0 Å². The van der Waals surface area contributed by atoms with Crippen LogP contribution in [-0.4, -0.2) is 36.5 Å². The molecule has 0 radical (unpaired) electrons. The van der Waals surface area contributed by atoms with E-state index in [0.29, 0.717) is 0 Å². The Hall–Kier alpha value is -2.70. The maximum Gasteiger partial charge on any atom is 0.434 e. The maximum absolute atomic E-state index is 12.2. The fourth-order valence-electron chi connectivity index (χ4n) is 1.73. The summed E-state index contributed by atoms with van der Waals surface area (Å²) in [5.41, 5.74) is -0.141. The van der Waals surface area contributed by atoms with Crippen LogP contribution in [0, 0.1) is 0 Å². The molecule has 0 saturated carbocycles.